The van der Waals surface area contributed by atoms with Crippen LogP contribution in [0.5, 0.6) is 0 Å². The molecule has 0 spiro atoms. The predicted molar refractivity (Wildman–Crippen MR) is 116 cm³/mol. The first-order chi connectivity index (χ1) is 14.9. The zero-order chi connectivity index (χ0) is 21.8. The topological polar surface area (TPSA) is 35.2 Å². The molecule has 1 fully saturated rings. The smallest absolute Gasteiger partial charge is 0.376 e. The molecule has 31 heavy (non-hydrogen) atoms. The van der Waals surface area contributed by atoms with Crippen molar-refractivity contribution in [2.24, 2.45) is 0 Å². The molecule has 1 aliphatic heterocycles. The van der Waals surface area contributed by atoms with Gasteiger partial charge in [0.2, 0.25) is 0 Å². The quantitative estimate of drug-likeness (QED) is 0.418. The number of aromatic nitrogens is 3. The Labute approximate surface area is 187 Å². The van der Waals surface area contributed by atoms with E-state index in [1.54, 1.807) is 0 Å². The van der Waals surface area contributed by atoms with Gasteiger partial charge in [0, 0.05) is 13.2 Å². The highest BCUT2D eigenvalue weighted by molar-refractivity contribution is 7.71. The Bertz CT molecular complexity index is 1030. The molecule has 0 saturated carbocycles. The van der Waals surface area contributed by atoms with E-state index in [0.29, 0.717) is 17.1 Å². The minimum Gasteiger partial charge on any atom is -0.376 e. The van der Waals surface area contributed by atoms with Crippen LogP contribution in [0.2, 0.25) is 0 Å². The van der Waals surface area contributed by atoms with Crippen LogP contribution in [0.4, 0.5) is 13.2 Å². The summed E-state index contributed by atoms with van der Waals surface area (Å²) >= 11 is 7.17. The number of hydrogen-bond acceptors (Lipinski definition) is 5. The molecule has 10 heteroatoms. The fourth-order valence-electron chi connectivity index (χ4n) is 3.72. The Morgan fingerprint density at radius 2 is 2.00 bits per heavy atom. The van der Waals surface area contributed by atoms with Crippen molar-refractivity contribution < 1.29 is 17.9 Å². The Kier molecular flexibility index (Phi) is 6.90. The number of alkyl halides is 3. The summed E-state index contributed by atoms with van der Waals surface area (Å²) in [7, 11) is 0. The molecule has 1 unspecified atom stereocenters. The van der Waals surface area contributed by atoms with E-state index in [1.807, 2.05) is 52.4 Å². The van der Waals surface area contributed by atoms with Crippen LogP contribution in [0.1, 0.15) is 18.4 Å². The average molecular weight is 469 g/mol. The second-order valence-corrected chi connectivity index (χ2v) is 8.87. The maximum Gasteiger partial charge on any atom is 0.401 e. The van der Waals surface area contributed by atoms with E-state index in [4.69, 9.17) is 17.0 Å². The largest absolute Gasteiger partial charge is 0.401 e. The molecule has 1 saturated heterocycles. The van der Waals surface area contributed by atoms with Crippen molar-refractivity contribution in [3.8, 4) is 10.7 Å². The highest BCUT2D eigenvalue weighted by Crippen LogP contribution is 2.26. The van der Waals surface area contributed by atoms with Crippen LogP contribution >= 0.6 is 23.6 Å². The van der Waals surface area contributed by atoms with Gasteiger partial charge < -0.3 is 4.74 Å². The highest BCUT2D eigenvalue weighted by atomic mass is 32.1. The second-order valence-electron chi connectivity index (χ2n) is 7.56. The van der Waals surface area contributed by atoms with Crippen LogP contribution < -0.4 is 0 Å². The minimum atomic E-state index is -4.33. The molecule has 4 rings (SSSR count). The van der Waals surface area contributed by atoms with E-state index >= 15 is 0 Å². The monoisotopic (exact) mass is 468 g/mol. The van der Waals surface area contributed by atoms with E-state index in [1.165, 1.54) is 20.9 Å². The van der Waals surface area contributed by atoms with E-state index in [0.717, 1.165) is 29.9 Å². The van der Waals surface area contributed by atoms with Gasteiger partial charge in [-0.1, -0.05) is 36.4 Å². The van der Waals surface area contributed by atoms with Crippen LogP contribution in [0.15, 0.2) is 47.8 Å². The molecular weight excluding hydrogens is 445 g/mol. The summed E-state index contributed by atoms with van der Waals surface area (Å²) in [5, 5.41) is 6.57. The maximum atomic E-state index is 13.3. The van der Waals surface area contributed by atoms with Crippen molar-refractivity contribution in [1.29, 1.82) is 0 Å². The van der Waals surface area contributed by atoms with Gasteiger partial charge in [0.15, 0.2) is 10.6 Å². The summed E-state index contributed by atoms with van der Waals surface area (Å²) in [4.78, 5) is 2.24. The second kappa shape index (κ2) is 9.64. The lowest BCUT2D eigenvalue weighted by Gasteiger charge is -2.23. The van der Waals surface area contributed by atoms with Gasteiger partial charge in [0.05, 0.1) is 30.7 Å². The first-order valence-electron chi connectivity index (χ1n) is 10.1. The maximum absolute atomic E-state index is 13.3. The summed E-state index contributed by atoms with van der Waals surface area (Å²) in [5.41, 5.74) is 0.801. The van der Waals surface area contributed by atoms with Crippen LogP contribution in [-0.4, -0.2) is 44.7 Å². The van der Waals surface area contributed by atoms with Crippen molar-refractivity contribution in [3.05, 3.63) is 58.2 Å². The predicted octanol–water partition coefficient (Wildman–Crippen LogP) is 5.34. The van der Waals surface area contributed by atoms with Crippen molar-refractivity contribution in [3.63, 3.8) is 0 Å². The van der Waals surface area contributed by atoms with Crippen LogP contribution in [0, 0.1) is 4.77 Å². The normalized spacial score (nSPS) is 17.0. The Balaban J connectivity index is 1.63. The van der Waals surface area contributed by atoms with Crippen molar-refractivity contribution in [1.82, 2.24) is 19.2 Å². The lowest BCUT2D eigenvalue weighted by molar-refractivity contribution is -0.151. The minimum absolute atomic E-state index is 0.0404. The van der Waals surface area contributed by atoms with Crippen molar-refractivity contribution in [2.75, 3.05) is 13.2 Å². The van der Waals surface area contributed by atoms with Crippen LogP contribution in [0.3, 0.4) is 0 Å². The number of benzene rings is 1. The molecule has 1 aromatic carbocycles. The first kappa shape index (κ1) is 22.2. The molecule has 0 amide bonds. The van der Waals surface area contributed by atoms with Gasteiger partial charge in [-0.25, -0.2) is 4.68 Å². The van der Waals surface area contributed by atoms with E-state index < -0.39 is 12.7 Å². The number of thiophene rings is 1. The molecule has 0 radical (unpaired) electrons. The van der Waals surface area contributed by atoms with Crippen molar-refractivity contribution in [2.45, 2.75) is 44.9 Å². The molecule has 1 aliphatic rings. The molecule has 3 aromatic rings. The van der Waals surface area contributed by atoms with E-state index in [-0.39, 0.29) is 19.3 Å². The molecule has 3 heterocycles. The van der Waals surface area contributed by atoms with E-state index in [2.05, 4.69) is 5.10 Å². The lowest BCUT2D eigenvalue weighted by atomic mass is 10.2. The third-order valence-electron chi connectivity index (χ3n) is 5.06. The number of halogens is 3. The first-order valence-corrected chi connectivity index (χ1v) is 11.3. The number of hydrogen-bond donors (Lipinski definition) is 0. The molecular formula is C21H23F3N4OS2. The average Bonchev–Trinajstić information content (AvgIpc) is 3.46. The van der Waals surface area contributed by atoms with Gasteiger partial charge in [-0.15, -0.1) is 16.4 Å². The molecule has 5 nitrogen and oxygen atoms in total. The molecule has 166 valence electrons. The van der Waals surface area contributed by atoms with Gasteiger partial charge in [-0.05, 0) is 42.1 Å². The van der Waals surface area contributed by atoms with Crippen molar-refractivity contribution >= 4 is 23.6 Å². The van der Waals surface area contributed by atoms with Gasteiger partial charge in [-0.2, -0.15) is 13.2 Å². The third kappa shape index (κ3) is 5.82. The summed E-state index contributed by atoms with van der Waals surface area (Å²) in [6.45, 7) is 0.316. The van der Waals surface area contributed by atoms with Gasteiger partial charge in [0.25, 0.3) is 0 Å². The molecule has 0 aliphatic carbocycles. The standard InChI is InChI=1S/C21H23F3N4OS2/c22-21(23,24)14-26(12-16-6-2-1-3-7-16)15-28-20(30)27(13-17-8-4-10-29-17)19(25-28)18-9-5-11-31-18/h1-3,5-7,9,11,17H,4,8,10,12-15H2. The third-order valence-corrected chi connectivity index (χ3v) is 6.36. The zero-order valence-corrected chi connectivity index (χ0v) is 18.4. The van der Waals surface area contributed by atoms with Crippen LogP contribution in [-0.2, 0) is 24.5 Å². The van der Waals surface area contributed by atoms with Gasteiger partial charge >= 0.3 is 6.18 Å². The molecule has 1 atom stereocenters. The Hall–Kier alpha value is -2.01. The van der Waals surface area contributed by atoms with Gasteiger partial charge in [0.1, 0.15) is 0 Å². The molecule has 2 aromatic heterocycles. The number of rotatable bonds is 8. The van der Waals surface area contributed by atoms with E-state index in [9.17, 15) is 13.2 Å². The summed E-state index contributed by atoms with van der Waals surface area (Å²) in [5.74, 6) is 0.669. The molecule has 0 N–H and O–H groups in total. The Morgan fingerprint density at radius 3 is 2.65 bits per heavy atom. The summed E-state index contributed by atoms with van der Waals surface area (Å²) < 4.78 is 49.4. The fourth-order valence-corrected chi connectivity index (χ4v) is 4.70. The van der Waals surface area contributed by atoms with Gasteiger partial charge in [-0.3, -0.25) is 9.47 Å². The summed E-state index contributed by atoms with van der Waals surface area (Å²) in [6.07, 6.45) is -2.35. The number of nitrogens with zero attached hydrogens (tertiary/aromatic N) is 4. The zero-order valence-electron chi connectivity index (χ0n) is 16.8. The Morgan fingerprint density at radius 1 is 1.19 bits per heavy atom. The SMILES string of the molecule is FC(F)(F)CN(Cc1ccccc1)Cn1nc(-c2cccs2)n(CC2CCCO2)c1=S. The lowest BCUT2D eigenvalue weighted by Crippen LogP contribution is -2.35. The molecule has 0 bridgehead atoms. The van der Waals surface area contributed by atoms with Crippen LogP contribution in [0.25, 0.3) is 10.7 Å². The highest BCUT2D eigenvalue weighted by Gasteiger charge is 2.31. The number of ether oxygens (including phenoxy) is 1. The summed E-state index contributed by atoms with van der Waals surface area (Å²) in [6, 6.07) is 13.0. The fraction of sp³-hybridized carbons (Fsp3) is 0.429.